The average Bonchev–Trinajstić information content (AvgIpc) is 3.36. The summed E-state index contributed by atoms with van der Waals surface area (Å²) in [7, 11) is 0. The molecule has 146 valence electrons. The molecule has 1 aliphatic heterocycles. The number of hydrogen-bond donors (Lipinski definition) is 1. The van der Waals surface area contributed by atoms with E-state index in [2.05, 4.69) is 53.6 Å². The predicted octanol–water partition coefficient (Wildman–Crippen LogP) is 4.06. The number of benzene rings is 2. The van der Waals surface area contributed by atoms with Crippen LogP contribution in [0.15, 0.2) is 53.1 Å². The summed E-state index contributed by atoms with van der Waals surface area (Å²) in [4.78, 5) is 4.55. The molecule has 0 unspecified atom stereocenters. The Kier molecular flexibility index (Phi) is 5.58. The molecule has 1 aliphatic rings. The van der Waals surface area contributed by atoms with Gasteiger partial charge in [0.05, 0.1) is 12.5 Å². The van der Waals surface area contributed by atoms with Crippen LogP contribution in [0.5, 0.6) is 11.5 Å². The van der Waals surface area contributed by atoms with Gasteiger partial charge in [-0.25, -0.2) is 0 Å². The summed E-state index contributed by atoms with van der Waals surface area (Å²) in [5.41, 5.74) is 2.41. The van der Waals surface area contributed by atoms with Crippen LogP contribution in [0.2, 0.25) is 0 Å². The fraction of sp³-hybridized carbons (Fsp3) is 0.364. The summed E-state index contributed by atoms with van der Waals surface area (Å²) < 4.78 is 16.2. The predicted molar refractivity (Wildman–Crippen MR) is 105 cm³/mol. The van der Waals surface area contributed by atoms with Crippen molar-refractivity contribution in [3.05, 3.63) is 71.4 Å². The van der Waals surface area contributed by atoms with Gasteiger partial charge >= 0.3 is 0 Å². The third-order valence-corrected chi connectivity index (χ3v) is 4.91. The zero-order valence-corrected chi connectivity index (χ0v) is 16.2. The normalized spacial score (nSPS) is 14.8. The first kappa shape index (κ1) is 18.5. The van der Waals surface area contributed by atoms with Crippen molar-refractivity contribution in [3.63, 3.8) is 0 Å². The van der Waals surface area contributed by atoms with Crippen LogP contribution in [-0.2, 0) is 12.8 Å². The first-order chi connectivity index (χ1) is 13.7. The van der Waals surface area contributed by atoms with Crippen molar-refractivity contribution in [1.29, 1.82) is 0 Å². The summed E-state index contributed by atoms with van der Waals surface area (Å²) in [5.74, 6) is 3.00. The third-order valence-electron chi connectivity index (χ3n) is 4.91. The lowest BCUT2D eigenvalue weighted by Crippen LogP contribution is -2.30. The lowest BCUT2D eigenvalue weighted by atomic mass is 10.0. The Morgan fingerprint density at radius 3 is 2.68 bits per heavy atom. The number of rotatable bonds is 8. The van der Waals surface area contributed by atoms with Gasteiger partial charge in [-0.3, -0.25) is 0 Å². The van der Waals surface area contributed by atoms with Gasteiger partial charge in [0, 0.05) is 6.04 Å². The van der Waals surface area contributed by atoms with Crippen molar-refractivity contribution in [1.82, 2.24) is 15.5 Å². The molecular formula is C22H25N3O3. The summed E-state index contributed by atoms with van der Waals surface area (Å²) in [6.07, 6.45) is 2.61. The van der Waals surface area contributed by atoms with E-state index in [-0.39, 0.29) is 6.04 Å². The van der Waals surface area contributed by atoms with Crippen LogP contribution in [0.3, 0.4) is 0 Å². The van der Waals surface area contributed by atoms with Crippen molar-refractivity contribution < 1.29 is 14.0 Å². The van der Waals surface area contributed by atoms with Gasteiger partial charge in [-0.2, -0.15) is 4.98 Å². The molecule has 6 heteroatoms. The highest BCUT2D eigenvalue weighted by molar-refractivity contribution is 5.44. The molecule has 0 saturated carbocycles. The second-order valence-corrected chi connectivity index (χ2v) is 7.22. The van der Waals surface area contributed by atoms with E-state index in [9.17, 15) is 0 Å². The van der Waals surface area contributed by atoms with Gasteiger partial charge in [-0.15, -0.1) is 0 Å². The minimum atomic E-state index is 0.0278. The highest BCUT2D eigenvalue weighted by atomic mass is 16.7. The van der Waals surface area contributed by atoms with Crippen molar-refractivity contribution in [2.45, 2.75) is 45.2 Å². The van der Waals surface area contributed by atoms with E-state index in [4.69, 9.17) is 14.0 Å². The van der Waals surface area contributed by atoms with Gasteiger partial charge in [0.2, 0.25) is 12.7 Å². The quantitative estimate of drug-likeness (QED) is 0.636. The van der Waals surface area contributed by atoms with Gasteiger partial charge < -0.3 is 19.3 Å². The minimum Gasteiger partial charge on any atom is -0.454 e. The zero-order valence-electron chi connectivity index (χ0n) is 16.2. The highest BCUT2D eigenvalue weighted by Gasteiger charge is 2.17. The molecule has 0 bridgehead atoms. The fourth-order valence-corrected chi connectivity index (χ4v) is 3.35. The smallest absolute Gasteiger partial charge is 0.231 e. The summed E-state index contributed by atoms with van der Waals surface area (Å²) in [6.45, 7) is 4.55. The van der Waals surface area contributed by atoms with Crippen molar-refractivity contribution >= 4 is 0 Å². The Hall–Kier alpha value is -2.86. The van der Waals surface area contributed by atoms with E-state index in [1.165, 1.54) is 5.56 Å². The van der Waals surface area contributed by atoms with Crippen LogP contribution in [0.1, 0.15) is 49.2 Å². The Morgan fingerprint density at radius 2 is 1.82 bits per heavy atom. The second kappa shape index (κ2) is 8.44. The van der Waals surface area contributed by atoms with Crippen LogP contribution in [0, 0.1) is 0 Å². The number of hydrogen-bond acceptors (Lipinski definition) is 6. The molecule has 0 fully saturated rings. The number of nitrogens with zero attached hydrogens (tertiary/aromatic N) is 2. The molecule has 6 nitrogen and oxygen atoms in total. The van der Waals surface area contributed by atoms with Gasteiger partial charge in [0.1, 0.15) is 0 Å². The van der Waals surface area contributed by atoms with Gasteiger partial charge in [-0.1, -0.05) is 41.6 Å². The molecule has 2 atom stereocenters. The standard InChI is InChI=1S/C22H25N3O3/c1-15(8-9-18-10-11-19-20(12-18)27-14-26-19)23-16(2)22-24-21(28-25-22)13-17-6-4-3-5-7-17/h3-7,10-12,15-16,23H,8-9,13-14H2,1-2H3/t15-,16+/m0/s1. The van der Waals surface area contributed by atoms with E-state index in [0.29, 0.717) is 31.0 Å². The van der Waals surface area contributed by atoms with Crippen molar-refractivity contribution in [2.24, 2.45) is 0 Å². The SMILES string of the molecule is C[C@@H](CCc1ccc2c(c1)OCO2)N[C@H](C)c1noc(Cc2ccccc2)n1. The van der Waals surface area contributed by atoms with Gasteiger partial charge in [-0.05, 0) is 49.9 Å². The number of ether oxygens (including phenoxy) is 2. The molecule has 4 rings (SSSR count). The van der Waals surface area contributed by atoms with Crippen molar-refractivity contribution in [3.8, 4) is 11.5 Å². The Labute approximate surface area is 164 Å². The summed E-state index contributed by atoms with van der Waals surface area (Å²) in [5, 5.41) is 7.70. The van der Waals surface area contributed by atoms with Crippen LogP contribution >= 0.6 is 0 Å². The van der Waals surface area contributed by atoms with Gasteiger partial charge in [0.15, 0.2) is 17.3 Å². The maximum atomic E-state index is 5.45. The number of fused-ring (bicyclic) bond motifs is 1. The van der Waals surface area contributed by atoms with E-state index in [1.807, 2.05) is 24.3 Å². The first-order valence-electron chi connectivity index (χ1n) is 9.68. The molecule has 0 radical (unpaired) electrons. The maximum absolute atomic E-state index is 5.45. The molecule has 1 aromatic heterocycles. The molecule has 2 aromatic carbocycles. The Morgan fingerprint density at radius 1 is 1.00 bits per heavy atom. The van der Waals surface area contributed by atoms with Crippen LogP contribution in [0.4, 0.5) is 0 Å². The van der Waals surface area contributed by atoms with E-state index in [1.54, 1.807) is 0 Å². The minimum absolute atomic E-state index is 0.0278. The summed E-state index contributed by atoms with van der Waals surface area (Å²) >= 11 is 0. The number of nitrogens with one attached hydrogen (secondary N) is 1. The Bertz CT molecular complexity index is 910. The maximum Gasteiger partial charge on any atom is 0.231 e. The largest absolute Gasteiger partial charge is 0.454 e. The van der Waals surface area contributed by atoms with Crippen molar-refractivity contribution in [2.75, 3.05) is 6.79 Å². The molecule has 3 aromatic rings. The number of aryl methyl sites for hydroxylation is 1. The van der Waals surface area contributed by atoms with E-state index >= 15 is 0 Å². The molecule has 0 spiro atoms. The van der Waals surface area contributed by atoms with Crippen LogP contribution < -0.4 is 14.8 Å². The van der Waals surface area contributed by atoms with E-state index in [0.717, 1.165) is 29.9 Å². The topological polar surface area (TPSA) is 69.4 Å². The molecule has 0 amide bonds. The van der Waals surface area contributed by atoms with Gasteiger partial charge in [0.25, 0.3) is 0 Å². The average molecular weight is 379 g/mol. The highest BCUT2D eigenvalue weighted by Crippen LogP contribution is 2.32. The lowest BCUT2D eigenvalue weighted by molar-refractivity contribution is 0.174. The molecule has 2 heterocycles. The Balaban J connectivity index is 1.28. The lowest BCUT2D eigenvalue weighted by Gasteiger charge is -2.17. The molecule has 0 saturated heterocycles. The third kappa shape index (κ3) is 4.51. The molecule has 1 N–H and O–H groups in total. The molecule has 28 heavy (non-hydrogen) atoms. The van der Waals surface area contributed by atoms with Crippen LogP contribution in [-0.4, -0.2) is 23.0 Å². The molecular weight excluding hydrogens is 354 g/mol. The fourth-order valence-electron chi connectivity index (χ4n) is 3.35. The second-order valence-electron chi connectivity index (χ2n) is 7.22. The number of aromatic nitrogens is 2. The summed E-state index contributed by atoms with van der Waals surface area (Å²) in [6, 6.07) is 16.6. The molecule has 0 aliphatic carbocycles. The zero-order chi connectivity index (χ0) is 19.3. The van der Waals surface area contributed by atoms with E-state index < -0.39 is 0 Å². The first-order valence-corrected chi connectivity index (χ1v) is 9.68. The monoisotopic (exact) mass is 379 g/mol. The van der Waals surface area contributed by atoms with Crippen LogP contribution in [0.25, 0.3) is 0 Å².